The molecule has 1 unspecified atom stereocenters. The molecule has 2 aromatic rings. The standard InChI is InChI=1S/C27H38N4OS/c1-19-9-8-10-20(2)30(19)15-6-3-7-16-31-24-12-5-4-11-21(24)17-22(27(31)32)18-23-13-14-25(33-23)26(28)29/h4-5,11-14,19-20,22H,3,6-10,15-18H2,1-2H3,(H3,28,29)/t19-,20+,22?. The number of nitrogens with one attached hydrogen (secondary N) is 1. The van der Waals surface area contributed by atoms with Crippen LogP contribution in [-0.2, 0) is 17.6 Å². The molecule has 2 aliphatic rings. The molecule has 0 radical (unpaired) electrons. The topological polar surface area (TPSA) is 73.4 Å². The molecule has 1 fully saturated rings. The molecule has 4 rings (SSSR count). The second kappa shape index (κ2) is 10.8. The third-order valence-corrected chi connectivity index (χ3v) is 8.55. The summed E-state index contributed by atoms with van der Waals surface area (Å²) in [4.78, 5) is 20.1. The van der Waals surface area contributed by atoms with Crippen LogP contribution < -0.4 is 10.6 Å². The number of thiophene rings is 1. The fraction of sp³-hybridized carbons (Fsp3) is 0.556. The quantitative estimate of drug-likeness (QED) is 0.303. The third kappa shape index (κ3) is 5.67. The number of fused-ring (bicyclic) bond motifs is 1. The van der Waals surface area contributed by atoms with E-state index in [0.717, 1.165) is 41.2 Å². The summed E-state index contributed by atoms with van der Waals surface area (Å²) in [6, 6.07) is 13.7. The zero-order valence-corrected chi connectivity index (χ0v) is 20.9. The van der Waals surface area contributed by atoms with Crippen LogP contribution in [0.1, 0.15) is 67.7 Å². The third-order valence-electron chi connectivity index (χ3n) is 7.41. The van der Waals surface area contributed by atoms with E-state index in [-0.39, 0.29) is 17.7 Å². The number of benzene rings is 1. The lowest BCUT2D eigenvalue weighted by Crippen LogP contribution is -2.44. The van der Waals surface area contributed by atoms with Crippen LogP contribution in [0.25, 0.3) is 0 Å². The van der Waals surface area contributed by atoms with E-state index < -0.39 is 0 Å². The van der Waals surface area contributed by atoms with Gasteiger partial charge in [-0.1, -0.05) is 31.0 Å². The van der Waals surface area contributed by atoms with Crippen molar-refractivity contribution < 1.29 is 4.79 Å². The normalized spacial score (nSPS) is 23.5. The van der Waals surface area contributed by atoms with Crippen molar-refractivity contribution in [2.45, 2.75) is 77.3 Å². The zero-order valence-electron chi connectivity index (χ0n) is 20.1. The number of para-hydroxylation sites is 1. The number of nitrogen functional groups attached to an aromatic ring is 1. The van der Waals surface area contributed by atoms with Crippen molar-refractivity contribution in [2.24, 2.45) is 11.7 Å². The minimum absolute atomic E-state index is 0.0478. The molecule has 178 valence electrons. The van der Waals surface area contributed by atoms with Crippen molar-refractivity contribution in [3.8, 4) is 0 Å². The average molecular weight is 467 g/mol. The fourth-order valence-electron chi connectivity index (χ4n) is 5.56. The van der Waals surface area contributed by atoms with Gasteiger partial charge < -0.3 is 10.6 Å². The molecule has 1 aromatic heterocycles. The van der Waals surface area contributed by atoms with Gasteiger partial charge in [-0.2, -0.15) is 0 Å². The maximum Gasteiger partial charge on any atom is 0.230 e. The number of rotatable bonds is 9. The highest BCUT2D eigenvalue weighted by Gasteiger charge is 2.32. The maximum atomic E-state index is 13.5. The molecule has 0 spiro atoms. The molecule has 0 bridgehead atoms. The summed E-state index contributed by atoms with van der Waals surface area (Å²) in [6.45, 7) is 6.70. The highest BCUT2D eigenvalue weighted by atomic mass is 32.1. The van der Waals surface area contributed by atoms with E-state index in [4.69, 9.17) is 11.1 Å². The molecular weight excluding hydrogens is 428 g/mol. The lowest BCUT2D eigenvalue weighted by Gasteiger charge is -2.39. The molecule has 33 heavy (non-hydrogen) atoms. The van der Waals surface area contributed by atoms with Gasteiger partial charge in [0.25, 0.3) is 0 Å². The summed E-state index contributed by atoms with van der Waals surface area (Å²) in [5, 5.41) is 7.64. The minimum atomic E-state index is -0.0478. The number of nitrogens with two attached hydrogens (primary N) is 1. The van der Waals surface area contributed by atoms with Gasteiger partial charge in [-0.15, -0.1) is 11.3 Å². The first-order valence-electron chi connectivity index (χ1n) is 12.5. The van der Waals surface area contributed by atoms with Gasteiger partial charge in [0, 0.05) is 35.1 Å². The van der Waals surface area contributed by atoms with Crippen LogP contribution in [0.3, 0.4) is 0 Å². The predicted molar refractivity (Wildman–Crippen MR) is 138 cm³/mol. The number of likely N-dealkylation sites (tertiary alicyclic amines) is 1. The Morgan fingerprint density at radius 2 is 1.79 bits per heavy atom. The molecular formula is C27H38N4OS. The van der Waals surface area contributed by atoms with Crippen molar-refractivity contribution >= 4 is 28.8 Å². The largest absolute Gasteiger partial charge is 0.383 e. The Labute approximate surface area is 202 Å². The molecule has 3 atom stereocenters. The Hall–Kier alpha value is -2.18. The smallest absolute Gasteiger partial charge is 0.230 e. The number of carbonyl (C=O) groups excluding carboxylic acids is 1. The van der Waals surface area contributed by atoms with Crippen molar-refractivity contribution in [1.29, 1.82) is 5.41 Å². The van der Waals surface area contributed by atoms with E-state index in [1.54, 1.807) is 0 Å². The molecule has 2 aliphatic heterocycles. The van der Waals surface area contributed by atoms with Gasteiger partial charge in [0.2, 0.25) is 5.91 Å². The number of hydrogen-bond donors (Lipinski definition) is 2. The fourth-order valence-corrected chi connectivity index (χ4v) is 6.51. The van der Waals surface area contributed by atoms with E-state index >= 15 is 0 Å². The molecule has 3 heterocycles. The molecule has 1 saturated heterocycles. The van der Waals surface area contributed by atoms with Crippen LogP contribution in [0, 0.1) is 11.3 Å². The van der Waals surface area contributed by atoms with Gasteiger partial charge in [-0.25, -0.2) is 0 Å². The van der Waals surface area contributed by atoms with Gasteiger partial charge in [0.15, 0.2) is 0 Å². The highest BCUT2D eigenvalue weighted by molar-refractivity contribution is 7.14. The van der Waals surface area contributed by atoms with Crippen LogP contribution in [0.2, 0.25) is 0 Å². The van der Waals surface area contributed by atoms with Crippen molar-refractivity contribution in [1.82, 2.24) is 4.90 Å². The average Bonchev–Trinajstić information content (AvgIpc) is 3.26. The van der Waals surface area contributed by atoms with Crippen molar-refractivity contribution in [2.75, 3.05) is 18.0 Å². The molecule has 1 amide bonds. The van der Waals surface area contributed by atoms with E-state index in [9.17, 15) is 4.79 Å². The number of carbonyl (C=O) groups is 1. The summed E-state index contributed by atoms with van der Waals surface area (Å²) in [7, 11) is 0. The highest BCUT2D eigenvalue weighted by Crippen LogP contribution is 2.33. The molecule has 1 aromatic carbocycles. The first-order valence-corrected chi connectivity index (χ1v) is 13.3. The Bertz CT molecular complexity index is 961. The lowest BCUT2D eigenvalue weighted by atomic mass is 9.88. The van der Waals surface area contributed by atoms with Crippen LogP contribution >= 0.6 is 11.3 Å². The van der Waals surface area contributed by atoms with Crippen LogP contribution in [0.5, 0.6) is 0 Å². The second-order valence-corrected chi connectivity index (χ2v) is 11.0. The van der Waals surface area contributed by atoms with E-state index in [0.29, 0.717) is 18.5 Å². The summed E-state index contributed by atoms with van der Waals surface area (Å²) >= 11 is 1.53. The van der Waals surface area contributed by atoms with Gasteiger partial charge in [0.05, 0.1) is 4.88 Å². The number of amides is 1. The van der Waals surface area contributed by atoms with Gasteiger partial charge >= 0.3 is 0 Å². The summed E-state index contributed by atoms with van der Waals surface area (Å²) in [6.07, 6.45) is 8.89. The van der Waals surface area contributed by atoms with Crippen LogP contribution in [0.4, 0.5) is 5.69 Å². The Morgan fingerprint density at radius 3 is 2.52 bits per heavy atom. The Kier molecular flexibility index (Phi) is 7.86. The number of anilines is 1. The lowest BCUT2D eigenvalue weighted by molar-refractivity contribution is -0.122. The summed E-state index contributed by atoms with van der Waals surface area (Å²) < 4.78 is 0. The number of nitrogens with zero attached hydrogens (tertiary/aromatic N) is 2. The SMILES string of the molecule is C[C@@H]1CCC[C@H](C)N1CCCCCN1C(=O)C(Cc2ccc(C(=N)N)s2)Cc2ccccc21. The predicted octanol–water partition coefficient (Wildman–Crippen LogP) is 5.21. The maximum absolute atomic E-state index is 13.5. The van der Waals surface area contributed by atoms with E-state index in [1.807, 2.05) is 23.1 Å². The first kappa shape index (κ1) is 24.0. The monoisotopic (exact) mass is 466 g/mol. The minimum Gasteiger partial charge on any atom is -0.383 e. The Balaban J connectivity index is 1.35. The Morgan fingerprint density at radius 1 is 1.06 bits per heavy atom. The van der Waals surface area contributed by atoms with Gasteiger partial charge in [-0.3, -0.25) is 15.1 Å². The molecule has 6 heteroatoms. The van der Waals surface area contributed by atoms with Crippen molar-refractivity contribution in [3.05, 3.63) is 51.7 Å². The number of amidine groups is 1. The second-order valence-electron chi connectivity index (χ2n) is 9.83. The summed E-state index contributed by atoms with van der Waals surface area (Å²) in [5.74, 6) is 0.291. The van der Waals surface area contributed by atoms with E-state index in [1.165, 1.54) is 49.1 Å². The molecule has 0 aliphatic carbocycles. The number of hydrogen-bond acceptors (Lipinski definition) is 4. The molecule has 0 saturated carbocycles. The first-order chi connectivity index (χ1) is 15.9. The van der Waals surface area contributed by atoms with E-state index in [2.05, 4.69) is 36.9 Å². The molecule has 5 nitrogen and oxygen atoms in total. The number of unbranched alkanes of at least 4 members (excludes halogenated alkanes) is 2. The molecule has 3 N–H and O–H groups in total. The van der Waals surface area contributed by atoms with Gasteiger partial charge in [0.1, 0.15) is 5.84 Å². The summed E-state index contributed by atoms with van der Waals surface area (Å²) in [5.41, 5.74) is 7.99. The number of piperidine rings is 1. The van der Waals surface area contributed by atoms with Crippen molar-refractivity contribution in [3.63, 3.8) is 0 Å². The van der Waals surface area contributed by atoms with Crippen LogP contribution in [-0.4, -0.2) is 41.8 Å². The zero-order chi connectivity index (χ0) is 23.4. The van der Waals surface area contributed by atoms with Gasteiger partial charge in [-0.05, 0) is 82.7 Å². The van der Waals surface area contributed by atoms with Crippen LogP contribution in [0.15, 0.2) is 36.4 Å².